The van der Waals surface area contributed by atoms with Crippen LogP contribution in [-0.2, 0) is 11.3 Å². The molecule has 0 spiro atoms. The van der Waals surface area contributed by atoms with E-state index < -0.39 is 5.95 Å². The van der Waals surface area contributed by atoms with Gasteiger partial charge in [0.05, 0.1) is 13.2 Å². The van der Waals surface area contributed by atoms with Crippen LogP contribution in [0.3, 0.4) is 0 Å². The van der Waals surface area contributed by atoms with E-state index in [4.69, 9.17) is 4.74 Å². The van der Waals surface area contributed by atoms with E-state index in [0.717, 1.165) is 38.4 Å². The van der Waals surface area contributed by atoms with Gasteiger partial charge in [-0.05, 0) is 11.6 Å². The van der Waals surface area contributed by atoms with Crippen LogP contribution in [0.15, 0.2) is 12.3 Å². The van der Waals surface area contributed by atoms with Crippen molar-refractivity contribution in [3.63, 3.8) is 0 Å². The Labute approximate surface area is 82.5 Å². The molecule has 0 aromatic carbocycles. The molecule has 2 heterocycles. The van der Waals surface area contributed by atoms with Gasteiger partial charge >= 0.3 is 0 Å². The second-order valence-electron chi connectivity index (χ2n) is 3.30. The summed E-state index contributed by atoms with van der Waals surface area (Å²) in [4.78, 5) is 5.82. The molecule has 0 bridgehead atoms. The molecule has 2 rings (SSSR count). The number of aromatic nitrogens is 1. The molecule has 0 unspecified atom stereocenters. The Balaban J connectivity index is 1.92. The first kappa shape index (κ1) is 9.55. The Morgan fingerprint density at radius 1 is 1.50 bits per heavy atom. The van der Waals surface area contributed by atoms with Crippen LogP contribution in [0, 0.1) is 12.0 Å². The van der Waals surface area contributed by atoms with Crippen molar-refractivity contribution in [3.8, 4) is 0 Å². The normalized spacial score (nSPS) is 18.4. The molecule has 0 N–H and O–H groups in total. The number of pyridine rings is 1. The zero-order valence-corrected chi connectivity index (χ0v) is 7.87. The van der Waals surface area contributed by atoms with Crippen LogP contribution >= 0.6 is 0 Å². The molecule has 75 valence electrons. The van der Waals surface area contributed by atoms with Crippen molar-refractivity contribution in [1.82, 2.24) is 9.88 Å². The van der Waals surface area contributed by atoms with E-state index in [1.165, 1.54) is 0 Å². The maximum Gasteiger partial charge on any atom is 0.220 e. The van der Waals surface area contributed by atoms with Crippen molar-refractivity contribution in [1.29, 1.82) is 0 Å². The summed E-state index contributed by atoms with van der Waals surface area (Å²) < 4.78 is 17.7. The van der Waals surface area contributed by atoms with E-state index >= 15 is 0 Å². The number of hydrogen-bond donors (Lipinski definition) is 0. The minimum Gasteiger partial charge on any atom is -0.379 e. The Morgan fingerprint density at radius 3 is 2.93 bits per heavy atom. The Bertz CT molecular complexity index is 283. The minimum atomic E-state index is -0.546. The van der Waals surface area contributed by atoms with Crippen molar-refractivity contribution < 1.29 is 9.13 Å². The van der Waals surface area contributed by atoms with Gasteiger partial charge in [0.15, 0.2) is 0 Å². The molecule has 0 aliphatic carbocycles. The van der Waals surface area contributed by atoms with Gasteiger partial charge in [0.1, 0.15) is 0 Å². The summed E-state index contributed by atoms with van der Waals surface area (Å²) in [6, 6.07) is 4.10. The zero-order chi connectivity index (χ0) is 9.80. The summed E-state index contributed by atoms with van der Waals surface area (Å²) in [5.74, 6) is -0.546. The van der Waals surface area contributed by atoms with Crippen LogP contribution in [0.5, 0.6) is 0 Å². The third-order valence-electron chi connectivity index (χ3n) is 2.23. The van der Waals surface area contributed by atoms with E-state index in [1.54, 1.807) is 12.3 Å². The van der Waals surface area contributed by atoms with Crippen molar-refractivity contribution in [2.24, 2.45) is 0 Å². The quantitative estimate of drug-likeness (QED) is 0.654. The van der Waals surface area contributed by atoms with Gasteiger partial charge in [-0.3, -0.25) is 4.90 Å². The third-order valence-corrected chi connectivity index (χ3v) is 2.23. The number of rotatable bonds is 2. The SMILES string of the molecule is Fc1[c]cc(CN2CCOCC2)cn1. The average Bonchev–Trinajstić information content (AvgIpc) is 2.23. The first-order chi connectivity index (χ1) is 6.84. The predicted molar refractivity (Wildman–Crippen MR) is 49.1 cm³/mol. The minimum absolute atomic E-state index is 0.546. The standard InChI is InChI=1S/C10H12FN2O/c11-10-2-1-9(7-12-10)8-13-3-5-14-6-4-13/h1,7H,3-6,8H2. The molecule has 0 saturated carbocycles. The summed E-state index contributed by atoms with van der Waals surface area (Å²) in [7, 11) is 0. The summed E-state index contributed by atoms with van der Waals surface area (Å²) in [5.41, 5.74) is 0.994. The second-order valence-corrected chi connectivity index (χ2v) is 3.30. The first-order valence-corrected chi connectivity index (χ1v) is 4.67. The van der Waals surface area contributed by atoms with Crippen LogP contribution < -0.4 is 0 Å². The molecular formula is C10H12FN2O. The van der Waals surface area contributed by atoms with Gasteiger partial charge in [0.25, 0.3) is 0 Å². The molecule has 1 aliphatic rings. The maximum absolute atomic E-state index is 12.5. The summed E-state index contributed by atoms with van der Waals surface area (Å²) in [5, 5.41) is 0. The van der Waals surface area contributed by atoms with E-state index in [2.05, 4.69) is 16.0 Å². The van der Waals surface area contributed by atoms with Crippen LogP contribution in [0.25, 0.3) is 0 Å². The van der Waals surface area contributed by atoms with Gasteiger partial charge in [-0.2, -0.15) is 4.39 Å². The number of ether oxygens (including phenoxy) is 1. The summed E-state index contributed by atoms with van der Waals surface area (Å²) >= 11 is 0. The fourth-order valence-electron chi connectivity index (χ4n) is 1.47. The highest BCUT2D eigenvalue weighted by Gasteiger charge is 2.10. The van der Waals surface area contributed by atoms with E-state index in [0.29, 0.717) is 0 Å². The lowest BCUT2D eigenvalue weighted by Crippen LogP contribution is -2.35. The molecule has 3 nitrogen and oxygen atoms in total. The molecular weight excluding hydrogens is 183 g/mol. The van der Waals surface area contributed by atoms with Crippen molar-refractivity contribution in [3.05, 3.63) is 29.8 Å². The highest BCUT2D eigenvalue weighted by molar-refractivity contribution is 5.08. The number of morpholine rings is 1. The van der Waals surface area contributed by atoms with Gasteiger partial charge in [-0.1, -0.05) is 0 Å². The van der Waals surface area contributed by atoms with Gasteiger partial charge < -0.3 is 4.74 Å². The topological polar surface area (TPSA) is 25.4 Å². The number of nitrogens with zero attached hydrogens (tertiary/aromatic N) is 2. The van der Waals surface area contributed by atoms with Crippen LogP contribution in [0.2, 0.25) is 0 Å². The maximum atomic E-state index is 12.5. The molecule has 1 aliphatic heterocycles. The molecule has 1 saturated heterocycles. The molecule has 14 heavy (non-hydrogen) atoms. The lowest BCUT2D eigenvalue weighted by molar-refractivity contribution is 0.0341. The van der Waals surface area contributed by atoms with E-state index in [-0.39, 0.29) is 0 Å². The highest BCUT2D eigenvalue weighted by Crippen LogP contribution is 2.05. The summed E-state index contributed by atoms with van der Waals surface area (Å²) in [6.07, 6.45) is 1.56. The molecule has 0 amide bonds. The molecule has 1 aromatic heterocycles. The predicted octanol–water partition coefficient (Wildman–Crippen LogP) is 0.853. The number of hydrogen-bond acceptors (Lipinski definition) is 3. The van der Waals surface area contributed by atoms with Crippen molar-refractivity contribution in [2.45, 2.75) is 6.54 Å². The smallest absolute Gasteiger partial charge is 0.220 e. The van der Waals surface area contributed by atoms with Gasteiger partial charge in [0, 0.05) is 31.9 Å². The lowest BCUT2D eigenvalue weighted by Gasteiger charge is -2.26. The largest absolute Gasteiger partial charge is 0.379 e. The van der Waals surface area contributed by atoms with Gasteiger partial charge in [0.2, 0.25) is 5.95 Å². The monoisotopic (exact) mass is 195 g/mol. The van der Waals surface area contributed by atoms with Gasteiger partial charge in [-0.15, -0.1) is 0 Å². The Morgan fingerprint density at radius 2 is 2.29 bits per heavy atom. The third kappa shape index (κ3) is 2.49. The van der Waals surface area contributed by atoms with Gasteiger partial charge in [-0.25, -0.2) is 4.98 Å². The van der Waals surface area contributed by atoms with E-state index in [9.17, 15) is 4.39 Å². The van der Waals surface area contributed by atoms with Crippen LogP contribution in [0.1, 0.15) is 5.56 Å². The number of halogens is 1. The molecule has 1 radical (unpaired) electrons. The fourth-order valence-corrected chi connectivity index (χ4v) is 1.47. The highest BCUT2D eigenvalue weighted by atomic mass is 19.1. The molecule has 1 fully saturated rings. The Kier molecular flexibility index (Phi) is 3.06. The zero-order valence-electron chi connectivity index (χ0n) is 7.87. The first-order valence-electron chi connectivity index (χ1n) is 4.67. The average molecular weight is 195 g/mol. The van der Waals surface area contributed by atoms with Crippen LogP contribution in [-0.4, -0.2) is 36.2 Å². The Hall–Kier alpha value is -1.00. The van der Waals surface area contributed by atoms with E-state index in [1.807, 2.05) is 0 Å². The summed E-state index contributed by atoms with van der Waals surface area (Å²) in [6.45, 7) is 4.21. The van der Waals surface area contributed by atoms with Crippen molar-refractivity contribution >= 4 is 0 Å². The molecule has 1 aromatic rings. The molecule has 0 atom stereocenters. The van der Waals surface area contributed by atoms with Crippen molar-refractivity contribution in [2.75, 3.05) is 26.3 Å². The molecule has 4 heteroatoms. The second kappa shape index (κ2) is 4.48. The fraction of sp³-hybridized carbons (Fsp3) is 0.500. The van der Waals surface area contributed by atoms with Crippen LogP contribution in [0.4, 0.5) is 4.39 Å². The lowest BCUT2D eigenvalue weighted by atomic mass is 10.2.